The molecule has 2 amide bonds. The molecule has 2 atom stereocenters. The number of carbonyl (C=O) groups excluding carboxylic acids is 3. The van der Waals surface area contributed by atoms with Gasteiger partial charge >= 0.3 is 5.97 Å². The fourth-order valence-corrected chi connectivity index (χ4v) is 6.33. The van der Waals surface area contributed by atoms with Crippen LogP contribution in [0.2, 0.25) is 0 Å². The molecule has 8 nitrogen and oxygen atoms in total. The molecule has 1 saturated heterocycles. The van der Waals surface area contributed by atoms with Gasteiger partial charge in [-0.05, 0) is 49.2 Å². The Kier molecular flexibility index (Phi) is 4.67. The zero-order chi connectivity index (χ0) is 25.4. The van der Waals surface area contributed by atoms with Crippen LogP contribution in [0, 0.1) is 22.0 Å². The molecule has 1 fully saturated rings. The van der Waals surface area contributed by atoms with Crippen LogP contribution in [0.15, 0.2) is 72.8 Å². The number of amides is 2. The third-order valence-corrected chi connectivity index (χ3v) is 7.57. The first-order valence-corrected chi connectivity index (χ1v) is 11.8. The Hall–Kier alpha value is -4.33. The molecule has 0 saturated carbocycles. The number of hydrogen-bond donors (Lipinski definition) is 0. The van der Waals surface area contributed by atoms with Crippen LogP contribution in [0.1, 0.15) is 52.4 Å². The van der Waals surface area contributed by atoms with Crippen molar-refractivity contribution in [1.29, 1.82) is 0 Å². The Bertz CT molecular complexity index is 1410. The SMILES string of the molecule is CC(C)OC(=O)c1ccc(N2C(=O)[C@@H]3C4c5ccccc5C([N+](=O)[O-])(c5ccccc54)[C@@H]3C2=O)cc1. The second-order valence-corrected chi connectivity index (χ2v) is 9.69. The summed E-state index contributed by atoms with van der Waals surface area (Å²) in [6, 6.07) is 20.1. The number of carbonyl (C=O) groups is 3. The minimum Gasteiger partial charge on any atom is -0.459 e. The van der Waals surface area contributed by atoms with Crippen molar-refractivity contribution in [2.75, 3.05) is 4.90 Å². The third-order valence-electron chi connectivity index (χ3n) is 7.57. The van der Waals surface area contributed by atoms with Gasteiger partial charge in [-0.2, -0.15) is 0 Å². The summed E-state index contributed by atoms with van der Waals surface area (Å²) >= 11 is 0. The zero-order valence-corrected chi connectivity index (χ0v) is 19.6. The van der Waals surface area contributed by atoms with Crippen molar-refractivity contribution >= 4 is 23.5 Å². The first kappa shape index (κ1) is 22.2. The lowest BCUT2D eigenvalue weighted by Gasteiger charge is -2.48. The maximum atomic E-state index is 13.9. The number of nitrogens with zero attached hydrogens (tertiary/aromatic N) is 2. The van der Waals surface area contributed by atoms with E-state index in [4.69, 9.17) is 4.74 Å². The van der Waals surface area contributed by atoms with Gasteiger partial charge in [0.15, 0.2) is 0 Å². The largest absolute Gasteiger partial charge is 0.459 e. The molecule has 0 aromatic heterocycles. The molecule has 8 heteroatoms. The predicted octanol–water partition coefficient (Wildman–Crippen LogP) is 4.04. The molecule has 3 aromatic carbocycles. The van der Waals surface area contributed by atoms with Crippen molar-refractivity contribution in [3.63, 3.8) is 0 Å². The molecule has 0 unspecified atom stereocenters. The second-order valence-electron chi connectivity index (χ2n) is 9.69. The molecule has 36 heavy (non-hydrogen) atoms. The maximum absolute atomic E-state index is 13.9. The quantitative estimate of drug-likeness (QED) is 0.240. The number of esters is 1. The van der Waals surface area contributed by atoms with E-state index in [0.717, 1.165) is 4.90 Å². The Morgan fingerprint density at radius 2 is 1.47 bits per heavy atom. The second kappa shape index (κ2) is 7.58. The highest BCUT2D eigenvalue weighted by atomic mass is 16.6. The van der Waals surface area contributed by atoms with Crippen LogP contribution < -0.4 is 4.90 Å². The number of benzene rings is 3. The van der Waals surface area contributed by atoms with Gasteiger partial charge in [0.05, 0.1) is 23.3 Å². The molecule has 3 aliphatic carbocycles. The topological polar surface area (TPSA) is 107 Å². The van der Waals surface area contributed by atoms with Crippen molar-refractivity contribution in [2.24, 2.45) is 11.8 Å². The average Bonchev–Trinajstić information content (AvgIpc) is 3.14. The average molecular weight is 482 g/mol. The lowest BCUT2D eigenvalue weighted by molar-refractivity contribution is -0.578. The van der Waals surface area contributed by atoms with Crippen LogP contribution in [0.5, 0.6) is 0 Å². The molecule has 7 rings (SSSR count). The summed E-state index contributed by atoms with van der Waals surface area (Å²) < 4.78 is 5.21. The van der Waals surface area contributed by atoms with Crippen molar-refractivity contribution < 1.29 is 24.0 Å². The predicted molar refractivity (Wildman–Crippen MR) is 129 cm³/mol. The van der Waals surface area contributed by atoms with E-state index in [-0.39, 0.29) is 17.4 Å². The van der Waals surface area contributed by atoms with Crippen LogP contribution in [0.25, 0.3) is 0 Å². The molecular formula is C28H22N2O6. The molecule has 0 spiro atoms. The van der Waals surface area contributed by atoms with Crippen LogP contribution in [0.3, 0.4) is 0 Å². The maximum Gasteiger partial charge on any atom is 0.338 e. The number of hydrogen-bond acceptors (Lipinski definition) is 6. The van der Waals surface area contributed by atoms with E-state index in [1.165, 1.54) is 24.3 Å². The first-order valence-electron chi connectivity index (χ1n) is 11.8. The van der Waals surface area contributed by atoms with E-state index in [0.29, 0.717) is 22.3 Å². The minimum absolute atomic E-state index is 0.270. The van der Waals surface area contributed by atoms with Gasteiger partial charge in [0.25, 0.3) is 5.54 Å². The number of rotatable bonds is 4. The van der Waals surface area contributed by atoms with Gasteiger partial charge in [0.1, 0.15) is 5.92 Å². The molecular weight excluding hydrogens is 460 g/mol. The highest BCUT2D eigenvalue weighted by Crippen LogP contribution is 2.64. The Balaban J connectivity index is 1.50. The number of ether oxygens (including phenoxy) is 1. The van der Waals surface area contributed by atoms with E-state index in [1.807, 2.05) is 12.1 Å². The molecule has 180 valence electrons. The highest BCUT2D eigenvalue weighted by molar-refractivity contribution is 6.23. The summed E-state index contributed by atoms with van der Waals surface area (Å²) in [5.74, 6) is -4.14. The molecule has 1 heterocycles. The van der Waals surface area contributed by atoms with E-state index in [9.17, 15) is 24.5 Å². The summed E-state index contributed by atoms with van der Waals surface area (Å²) in [6.45, 7) is 3.48. The van der Waals surface area contributed by atoms with Gasteiger partial charge in [0, 0.05) is 22.0 Å². The van der Waals surface area contributed by atoms with Crippen molar-refractivity contribution in [2.45, 2.75) is 31.4 Å². The van der Waals surface area contributed by atoms with Crippen molar-refractivity contribution in [1.82, 2.24) is 0 Å². The lowest BCUT2D eigenvalue weighted by atomic mass is 9.51. The Morgan fingerprint density at radius 3 is 2.00 bits per heavy atom. The van der Waals surface area contributed by atoms with Gasteiger partial charge in [-0.1, -0.05) is 48.5 Å². The zero-order valence-electron chi connectivity index (χ0n) is 19.6. The summed E-state index contributed by atoms with van der Waals surface area (Å²) in [5, 5.41) is 13.0. The minimum atomic E-state index is -1.87. The Labute approximate surface area is 206 Å². The Morgan fingerprint density at radius 1 is 0.917 bits per heavy atom. The molecule has 0 radical (unpaired) electrons. The van der Waals surface area contributed by atoms with Gasteiger partial charge in [-0.3, -0.25) is 19.7 Å². The smallest absolute Gasteiger partial charge is 0.338 e. The fourth-order valence-electron chi connectivity index (χ4n) is 6.33. The number of anilines is 1. The van der Waals surface area contributed by atoms with E-state index in [1.54, 1.807) is 50.2 Å². The van der Waals surface area contributed by atoms with E-state index >= 15 is 0 Å². The van der Waals surface area contributed by atoms with Crippen molar-refractivity contribution in [3.8, 4) is 0 Å². The summed E-state index contributed by atoms with van der Waals surface area (Å²) in [4.78, 5) is 53.7. The number of imide groups is 1. The van der Waals surface area contributed by atoms with Gasteiger partial charge < -0.3 is 4.74 Å². The highest BCUT2D eigenvalue weighted by Gasteiger charge is 2.74. The normalized spacial score (nSPS) is 25.4. The van der Waals surface area contributed by atoms with E-state index < -0.39 is 46.0 Å². The fraction of sp³-hybridized carbons (Fsp3) is 0.250. The molecule has 4 aliphatic rings. The molecule has 1 aliphatic heterocycles. The van der Waals surface area contributed by atoms with Gasteiger partial charge in [0.2, 0.25) is 11.8 Å². The summed E-state index contributed by atoms with van der Waals surface area (Å²) in [5.41, 5.74) is 1.05. The van der Waals surface area contributed by atoms with E-state index in [2.05, 4.69) is 0 Å². The van der Waals surface area contributed by atoms with Crippen LogP contribution in [-0.2, 0) is 19.9 Å². The van der Waals surface area contributed by atoms with Gasteiger partial charge in [-0.25, -0.2) is 9.69 Å². The van der Waals surface area contributed by atoms with Gasteiger partial charge in [-0.15, -0.1) is 0 Å². The third kappa shape index (κ3) is 2.66. The standard InChI is InChI=1S/C28H22N2O6/c1-15(2)36-27(33)16-11-13-17(14-12-16)29-25(31)23-22-18-7-3-5-9-20(18)28(30(34)35,24(23)26(29)32)21-10-6-4-8-19(21)22/h3-15,22-24H,1-2H3/t22?,23-,24+,28?/m1/s1. The summed E-state index contributed by atoms with van der Waals surface area (Å²) in [7, 11) is 0. The molecule has 0 N–H and O–H groups in total. The van der Waals surface area contributed by atoms with Crippen molar-refractivity contribution in [3.05, 3.63) is 111 Å². The van der Waals surface area contributed by atoms with Crippen LogP contribution in [0.4, 0.5) is 5.69 Å². The first-order chi connectivity index (χ1) is 17.3. The van der Waals surface area contributed by atoms with Crippen LogP contribution in [-0.4, -0.2) is 28.8 Å². The monoisotopic (exact) mass is 482 g/mol. The molecule has 3 aromatic rings. The lowest BCUT2D eigenvalue weighted by Crippen LogP contribution is -2.57. The molecule has 2 bridgehead atoms. The number of nitro groups is 1. The summed E-state index contributed by atoms with van der Waals surface area (Å²) in [6.07, 6.45) is -0.293. The van der Waals surface area contributed by atoms with Crippen LogP contribution >= 0.6 is 0 Å².